The number of carbonyl (C=O) groups is 2. The van der Waals surface area contributed by atoms with Crippen LogP contribution in [0.25, 0.3) is 0 Å². The van der Waals surface area contributed by atoms with Crippen molar-refractivity contribution in [1.82, 2.24) is 4.90 Å². The Balaban J connectivity index is 2.51. The summed E-state index contributed by atoms with van der Waals surface area (Å²) in [6, 6.07) is -1.41. The lowest BCUT2D eigenvalue weighted by Gasteiger charge is -2.47. The average Bonchev–Trinajstić information content (AvgIpc) is 2.42. The monoisotopic (exact) mass is 319 g/mol. The minimum Gasteiger partial charge on any atom is -0.480 e. The minimum absolute atomic E-state index is 0.607. The average molecular weight is 319 g/mol. The smallest absolute Gasteiger partial charge is 0.328 e. The molecule has 8 heteroatoms. The second-order valence-electron chi connectivity index (χ2n) is 7.36. The van der Waals surface area contributed by atoms with Crippen molar-refractivity contribution in [2.75, 3.05) is 0 Å². The Morgan fingerprint density at radius 3 is 2.19 bits per heavy atom. The van der Waals surface area contributed by atoms with Crippen LogP contribution in [0.5, 0.6) is 0 Å². The first kappa shape index (κ1) is 16.2. The molecular formula is C13H21NO6S. The third kappa shape index (κ3) is 1.85. The van der Waals surface area contributed by atoms with Crippen molar-refractivity contribution >= 4 is 21.7 Å². The number of amides is 1. The lowest BCUT2D eigenvalue weighted by atomic mass is 9.76. The number of aliphatic hydroxyl groups excluding tert-OH is 1. The molecule has 2 aliphatic heterocycles. The number of sulfone groups is 1. The molecule has 7 nitrogen and oxygen atoms in total. The van der Waals surface area contributed by atoms with Gasteiger partial charge in [0.2, 0.25) is 5.91 Å². The molecule has 2 saturated heterocycles. The number of fused-ring (bicyclic) bond motifs is 1. The van der Waals surface area contributed by atoms with Gasteiger partial charge in [-0.3, -0.25) is 4.79 Å². The first-order valence-corrected chi connectivity index (χ1v) is 8.27. The third-order valence-electron chi connectivity index (χ3n) is 4.57. The van der Waals surface area contributed by atoms with Gasteiger partial charge in [-0.05, 0) is 19.3 Å². The van der Waals surface area contributed by atoms with Crippen molar-refractivity contribution < 1.29 is 28.2 Å². The molecule has 2 N–H and O–H groups in total. The highest BCUT2D eigenvalue weighted by molar-refractivity contribution is 7.93. The van der Waals surface area contributed by atoms with Gasteiger partial charge in [-0.25, -0.2) is 13.2 Å². The maximum Gasteiger partial charge on any atom is 0.328 e. The molecule has 2 rings (SSSR count). The van der Waals surface area contributed by atoms with Gasteiger partial charge in [-0.2, -0.15) is 0 Å². The molecule has 0 bridgehead atoms. The Hall–Kier alpha value is -1.15. The zero-order valence-corrected chi connectivity index (χ0v) is 13.5. The maximum atomic E-state index is 12.6. The molecule has 120 valence electrons. The van der Waals surface area contributed by atoms with Crippen LogP contribution in [0.4, 0.5) is 0 Å². The van der Waals surface area contributed by atoms with Gasteiger partial charge in [0.15, 0.2) is 9.84 Å². The second-order valence-corrected chi connectivity index (χ2v) is 9.99. The van der Waals surface area contributed by atoms with E-state index in [9.17, 15) is 28.2 Å². The number of aliphatic carboxylic acids is 1. The predicted octanol–water partition coefficient (Wildman–Crippen LogP) is -0.162. The molecule has 1 amide bonds. The van der Waals surface area contributed by atoms with Gasteiger partial charge in [0.25, 0.3) is 0 Å². The summed E-state index contributed by atoms with van der Waals surface area (Å²) in [5.41, 5.74) is -0.673. The second kappa shape index (κ2) is 4.19. The number of aliphatic hydroxyl groups is 1. The van der Waals surface area contributed by atoms with Crippen molar-refractivity contribution in [2.24, 2.45) is 11.3 Å². The Morgan fingerprint density at radius 2 is 1.81 bits per heavy atom. The summed E-state index contributed by atoms with van der Waals surface area (Å²) < 4.78 is 23.6. The zero-order valence-electron chi connectivity index (χ0n) is 12.7. The first-order valence-electron chi connectivity index (χ1n) is 6.72. The Kier molecular flexibility index (Phi) is 3.24. The number of nitrogens with zero attached hydrogens (tertiary/aromatic N) is 1. The van der Waals surface area contributed by atoms with Gasteiger partial charge in [0, 0.05) is 0 Å². The van der Waals surface area contributed by atoms with Crippen LogP contribution in [0.3, 0.4) is 0 Å². The molecule has 0 spiro atoms. The van der Waals surface area contributed by atoms with Crippen molar-refractivity contribution in [3.05, 3.63) is 0 Å². The van der Waals surface area contributed by atoms with Crippen LogP contribution in [0.1, 0.15) is 34.6 Å². The van der Waals surface area contributed by atoms with E-state index in [1.165, 1.54) is 13.8 Å². The van der Waals surface area contributed by atoms with Crippen LogP contribution in [0.15, 0.2) is 0 Å². The van der Waals surface area contributed by atoms with E-state index >= 15 is 0 Å². The van der Waals surface area contributed by atoms with E-state index in [1.54, 1.807) is 20.8 Å². The SMILES string of the molecule is CC(C)(C)[C@H](O)[C@@H]1C(=O)N2[C@@H](C(=O)O)C(C)(C)S(=O)(=O)[C@H]12. The van der Waals surface area contributed by atoms with Gasteiger partial charge >= 0.3 is 5.97 Å². The third-order valence-corrected chi connectivity index (χ3v) is 7.42. The van der Waals surface area contributed by atoms with E-state index in [1.807, 2.05) is 0 Å². The van der Waals surface area contributed by atoms with Crippen molar-refractivity contribution in [2.45, 2.75) is 56.9 Å². The van der Waals surface area contributed by atoms with E-state index in [2.05, 4.69) is 0 Å². The molecule has 21 heavy (non-hydrogen) atoms. The Morgan fingerprint density at radius 1 is 1.33 bits per heavy atom. The normalized spacial score (nSPS) is 35.0. The molecule has 0 radical (unpaired) electrons. The molecule has 4 atom stereocenters. The number of hydrogen-bond donors (Lipinski definition) is 2. The summed E-state index contributed by atoms with van der Waals surface area (Å²) in [6.45, 7) is 7.74. The van der Waals surface area contributed by atoms with E-state index in [-0.39, 0.29) is 0 Å². The van der Waals surface area contributed by atoms with Gasteiger partial charge in [-0.1, -0.05) is 20.8 Å². The van der Waals surface area contributed by atoms with E-state index in [4.69, 9.17) is 0 Å². The molecule has 2 heterocycles. The van der Waals surface area contributed by atoms with Crippen molar-refractivity contribution in [3.8, 4) is 0 Å². The number of carboxylic acids is 1. The molecular weight excluding hydrogens is 298 g/mol. The van der Waals surface area contributed by atoms with Crippen LogP contribution < -0.4 is 0 Å². The predicted molar refractivity (Wildman–Crippen MR) is 74.0 cm³/mol. The highest BCUT2D eigenvalue weighted by Gasteiger charge is 2.73. The molecule has 0 saturated carbocycles. The zero-order chi connectivity index (χ0) is 16.5. The molecule has 2 aliphatic rings. The number of hydrogen-bond acceptors (Lipinski definition) is 5. The number of carbonyl (C=O) groups excluding carboxylic acids is 1. The lowest BCUT2D eigenvalue weighted by Crippen LogP contribution is -2.68. The van der Waals surface area contributed by atoms with Gasteiger partial charge < -0.3 is 15.1 Å². The number of β-lactam (4-membered cyclic amide) rings is 1. The summed E-state index contributed by atoms with van der Waals surface area (Å²) in [7, 11) is -3.88. The Bertz CT molecular complexity index is 603. The highest BCUT2D eigenvalue weighted by Crippen LogP contribution is 2.51. The summed E-state index contributed by atoms with van der Waals surface area (Å²) in [4.78, 5) is 24.6. The fourth-order valence-corrected chi connectivity index (χ4v) is 5.50. The van der Waals surface area contributed by atoms with Gasteiger partial charge in [-0.15, -0.1) is 0 Å². The maximum absolute atomic E-state index is 12.6. The molecule has 0 aromatic rings. The topological polar surface area (TPSA) is 112 Å². The van der Waals surface area contributed by atoms with Crippen LogP contribution in [0, 0.1) is 11.3 Å². The quantitative estimate of drug-likeness (QED) is 0.684. The summed E-state index contributed by atoms with van der Waals surface area (Å²) in [5.74, 6) is -3.05. The molecule has 0 unspecified atom stereocenters. The Labute approximate surface area is 123 Å². The van der Waals surface area contributed by atoms with E-state index in [0.717, 1.165) is 4.90 Å². The molecule has 0 aromatic carbocycles. The van der Waals surface area contributed by atoms with Crippen LogP contribution in [0.2, 0.25) is 0 Å². The highest BCUT2D eigenvalue weighted by atomic mass is 32.2. The summed E-state index contributed by atoms with van der Waals surface area (Å²) in [6.07, 6.45) is -1.15. The van der Waals surface area contributed by atoms with Gasteiger partial charge in [0.1, 0.15) is 11.4 Å². The lowest BCUT2D eigenvalue weighted by molar-refractivity contribution is -0.173. The van der Waals surface area contributed by atoms with E-state index in [0.29, 0.717) is 0 Å². The fraction of sp³-hybridized carbons (Fsp3) is 0.846. The van der Waals surface area contributed by atoms with Gasteiger partial charge in [0.05, 0.1) is 16.8 Å². The van der Waals surface area contributed by atoms with E-state index < -0.39 is 55.3 Å². The van der Waals surface area contributed by atoms with Crippen LogP contribution >= 0.6 is 0 Å². The molecule has 2 fully saturated rings. The van der Waals surface area contributed by atoms with Crippen LogP contribution in [-0.2, 0) is 19.4 Å². The summed E-state index contributed by atoms with van der Waals surface area (Å²) in [5, 5.41) is 18.3. The van der Waals surface area contributed by atoms with Crippen molar-refractivity contribution in [1.29, 1.82) is 0 Å². The molecule has 0 aliphatic carbocycles. The van der Waals surface area contributed by atoms with Crippen molar-refractivity contribution in [3.63, 3.8) is 0 Å². The minimum atomic E-state index is -3.88. The fourth-order valence-electron chi connectivity index (χ4n) is 3.17. The summed E-state index contributed by atoms with van der Waals surface area (Å²) >= 11 is 0. The number of rotatable bonds is 2. The first-order chi connectivity index (χ1) is 9.26. The largest absolute Gasteiger partial charge is 0.480 e. The number of carboxylic acid groups (broad SMARTS) is 1. The molecule has 0 aromatic heterocycles. The van der Waals surface area contributed by atoms with Crippen LogP contribution in [-0.4, -0.2) is 57.7 Å². The standard InChI is InChI=1S/C13H21NO6S/c1-12(2,3)8(15)6-9(16)14-7(11(17)18)13(4,5)21(19,20)10(6)14/h6-8,10,15H,1-5H3,(H,17,18)/t6-,7+,8-,10-/m1/s1.